The fourth-order valence-corrected chi connectivity index (χ4v) is 1.82. The number of carboxylic acids is 1. The van der Waals surface area contributed by atoms with Crippen molar-refractivity contribution >= 4 is 5.97 Å². The molecule has 0 unspecified atom stereocenters. The number of nitrogens with one attached hydrogen (secondary N) is 4. The van der Waals surface area contributed by atoms with Gasteiger partial charge in [0.15, 0.2) is 0 Å². The van der Waals surface area contributed by atoms with Crippen molar-refractivity contribution < 1.29 is 9.90 Å². The predicted octanol–water partition coefficient (Wildman–Crippen LogP) is -0.807. The van der Waals surface area contributed by atoms with E-state index >= 15 is 0 Å². The third-order valence-electron chi connectivity index (χ3n) is 3.37. The van der Waals surface area contributed by atoms with E-state index in [-0.39, 0.29) is 5.92 Å². The maximum atomic E-state index is 10.0. The van der Waals surface area contributed by atoms with Gasteiger partial charge in [-0.2, -0.15) is 0 Å². The molecule has 0 spiro atoms. The van der Waals surface area contributed by atoms with E-state index in [9.17, 15) is 4.79 Å². The minimum Gasteiger partial charge on any atom is -0.480 e. The molecule has 1 heterocycles. The molecular formula is C15H35N5O2. The third-order valence-corrected chi connectivity index (χ3v) is 3.37. The van der Waals surface area contributed by atoms with Gasteiger partial charge in [-0.15, -0.1) is 0 Å². The highest BCUT2D eigenvalue weighted by atomic mass is 16.4. The highest BCUT2D eigenvalue weighted by Gasteiger charge is 2.14. The largest absolute Gasteiger partial charge is 0.480 e. The number of carbonyl (C=O) groups is 1. The molecule has 0 aromatic rings. The molecule has 1 atom stereocenters. The van der Waals surface area contributed by atoms with Gasteiger partial charge in [-0.3, -0.25) is 4.79 Å². The number of aliphatic carboxylic acids is 1. The molecule has 0 amide bonds. The smallest absolute Gasteiger partial charge is 0.320 e. The van der Waals surface area contributed by atoms with Crippen LogP contribution in [0.3, 0.4) is 0 Å². The first-order chi connectivity index (χ1) is 10.6. The van der Waals surface area contributed by atoms with Crippen LogP contribution in [0.1, 0.15) is 26.7 Å². The number of carboxylic acid groups (broad SMARTS) is 1. The topological polar surface area (TPSA) is 111 Å². The Kier molecular flexibility index (Phi) is 14.7. The number of hydrogen-bond acceptors (Lipinski definition) is 6. The summed E-state index contributed by atoms with van der Waals surface area (Å²) in [5.41, 5.74) is 5.16. The summed E-state index contributed by atoms with van der Waals surface area (Å²) in [5, 5.41) is 21.9. The van der Waals surface area contributed by atoms with Crippen molar-refractivity contribution in [2.45, 2.75) is 32.7 Å². The lowest BCUT2D eigenvalue weighted by atomic mass is 10.1. The molecule has 1 aliphatic rings. The van der Waals surface area contributed by atoms with Crippen LogP contribution in [0.15, 0.2) is 0 Å². The molecule has 0 aromatic carbocycles. The monoisotopic (exact) mass is 317 g/mol. The van der Waals surface area contributed by atoms with Crippen LogP contribution in [0.2, 0.25) is 0 Å². The Morgan fingerprint density at radius 2 is 1.14 bits per heavy atom. The van der Waals surface area contributed by atoms with Gasteiger partial charge in [0.25, 0.3) is 0 Å². The quantitative estimate of drug-likeness (QED) is 0.395. The van der Waals surface area contributed by atoms with Gasteiger partial charge in [0.05, 0.1) is 0 Å². The Labute approximate surface area is 134 Å². The summed E-state index contributed by atoms with van der Waals surface area (Å²) < 4.78 is 0. The second-order valence-corrected chi connectivity index (χ2v) is 5.82. The number of hydrogen-bond donors (Lipinski definition) is 6. The van der Waals surface area contributed by atoms with Crippen molar-refractivity contribution in [3.63, 3.8) is 0 Å². The molecule has 0 bridgehead atoms. The van der Waals surface area contributed by atoms with Gasteiger partial charge in [0.1, 0.15) is 6.04 Å². The van der Waals surface area contributed by atoms with Crippen molar-refractivity contribution in [3.05, 3.63) is 0 Å². The summed E-state index contributed by atoms with van der Waals surface area (Å²) in [7, 11) is 0. The Morgan fingerprint density at radius 3 is 1.32 bits per heavy atom. The Bertz CT molecular complexity index is 211. The van der Waals surface area contributed by atoms with Gasteiger partial charge >= 0.3 is 5.97 Å². The average Bonchev–Trinajstić information content (AvgIpc) is 2.49. The molecule has 0 aliphatic carbocycles. The molecule has 7 N–H and O–H groups in total. The van der Waals surface area contributed by atoms with Crippen molar-refractivity contribution in [1.82, 2.24) is 21.3 Å². The van der Waals surface area contributed by atoms with Gasteiger partial charge in [-0.1, -0.05) is 13.8 Å². The van der Waals surface area contributed by atoms with E-state index in [2.05, 4.69) is 21.3 Å². The summed E-state index contributed by atoms with van der Waals surface area (Å²) in [6, 6.07) is -0.713. The van der Waals surface area contributed by atoms with Gasteiger partial charge in [-0.05, 0) is 44.9 Å². The SMILES string of the molecule is C1CNCCNCCCNCCNC1.CC(C)[C@H](N)C(=O)O. The minimum absolute atomic E-state index is 0.0208. The van der Waals surface area contributed by atoms with Crippen LogP contribution >= 0.6 is 0 Å². The second-order valence-electron chi connectivity index (χ2n) is 5.82. The Hall–Kier alpha value is -0.730. The first kappa shape index (κ1) is 21.3. The van der Waals surface area contributed by atoms with Crippen molar-refractivity contribution in [2.24, 2.45) is 11.7 Å². The highest BCUT2D eigenvalue weighted by molar-refractivity contribution is 5.73. The summed E-state index contributed by atoms with van der Waals surface area (Å²) in [6.07, 6.45) is 2.44. The van der Waals surface area contributed by atoms with Crippen LogP contribution in [0.4, 0.5) is 0 Å². The van der Waals surface area contributed by atoms with Crippen molar-refractivity contribution in [2.75, 3.05) is 52.4 Å². The van der Waals surface area contributed by atoms with Crippen LogP contribution in [0.25, 0.3) is 0 Å². The second kappa shape index (κ2) is 15.2. The fourth-order valence-electron chi connectivity index (χ4n) is 1.82. The zero-order valence-electron chi connectivity index (χ0n) is 14.2. The van der Waals surface area contributed by atoms with E-state index in [1.165, 1.54) is 12.8 Å². The molecule has 1 aliphatic heterocycles. The van der Waals surface area contributed by atoms with Crippen LogP contribution in [0, 0.1) is 5.92 Å². The molecular weight excluding hydrogens is 282 g/mol. The van der Waals surface area contributed by atoms with Crippen molar-refractivity contribution in [1.29, 1.82) is 0 Å². The molecule has 7 heteroatoms. The fraction of sp³-hybridized carbons (Fsp3) is 0.933. The summed E-state index contributed by atoms with van der Waals surface area (Å²) in [6.45, 7) is 12.4. The van der Waals surface area contributed by atoms with Crippen LogP contribution in [0.5, 0.6) is 0 Å². The molecule has 0 saturated carbocycles. The predicted molar refractivity (Wildman–Crippen MR) is 91.2 cm³/mol. The third kappa shape index (κ3) is 14.2. The van der Waals surface area contributed by atoms with E-state index in [4.69, 9.17) is 10.8 Å². The van der Waals surface area contributed by atoms with E-state index in [1.54, 1.807) is 13.8 Å². The first-order valence-electron chi connectivity index (χ1n) is 8.37. The van der Waals surface area contributed by atoms with Crippen LogP contribution < -0.4 is 27.0 Å². The summed E-state index contributed by atoms with van der Waals surface area (Å²) >= 11 is 0. The van der Waals surface area contributed by atoms with Gasteiger partial charge < -0.3 is 32.1 Å². The number of rotatable bonds is 2. The average molecular weight is 317 g/mol. The van der Waals surface area contributed by atoms with E-state index < -0.39 is 12.0 Å². The Morgan fingerprint density at radius 1 is 0.818 bits per heavy atom. The van der Waals surface area contributed by atoms with Crippen molar-refractivity contribution in [3.8, 4) is 0 Å². The Balaban J connectivity index is 0.000000472. The lowest BCUT2D eigenvalue weighted by Crippen LogP contribution is -2.34. The normalized spacial score (nSPS) is 20.4. The molecule has 0 aromatic heterocycles. The standard InChI is InChI=1S/C10H24N4.C5H11NO2/c1-3-11-7-9-13-5-2-6-14-10-8-12-4-1;1-3(2)4(6)5(7)8/h11-14H,1-10H2;3-4H,6H2,1-2H3,(H,7,8)/t;4-/m.0/s1. The minimum atomic E-state index is -0.931. The van der Waals surface area contributed by atoms with Gasteiger partial charge in [0, 0.05) is 26.2 Å². The van der Waals surface area contributed by atoms with Crippen LogP contribution in [-0.4, -0.2) is 69.5 Å². The van der Waals surface area contributed by atoms with Gasteiger partial charge in [0.2, 0.25) is 0 Å². The maximum absolute atomic E-state index is 10.0. The maximum Gasteiger partial charge on any atom is 0.320 e. The molecule has 132 valence electrons. The van der Waals surface area contributed by atoms with E-state index in [0.29, 0.717) is 0 Å². The molecule has 0 radical (unpaired) electrons. The number of nitrogens with two attached hydrogens (primary N) is 1. The zero-order valence-corrected chi connectivity index (χ0v) is 14.2. The molecule has 22 heavy (non-hydrogen) atoms. The highest BCUT2D eigenvalue weighted by Crippen LogP contribution is 1.96. The lowest BCUT2D eigenvalue weighted by Gasteiger charge is -2.10. The van der Waals surface area contributed by atoms with Crippen LogP contribution in [-0.2, 0) is 4.79 Å². The molecule has 1 fully saturated rings. The summed E-state index contributed by atoms with van der Waals surface area (Å²) in [4.78, 5) is 10.0. The van der Waals surface area contributed by atoms with Gasteiger partial charge in [-0.25, -0.2) is 0 Å². The molecule has 7 nitrogen and oxygen atoms in total. The lowest BCUT2D eigenvalue weighted by molar-refractivity contribution is -0.139. The zero-order chi connectivity index (χ0) is 16.6. The van der Waals surface area contributed by atoms with E-state index in [1.807, 2.05) is 0 Å². The molecule has 1 rings (SSSR count). The molecule has 1 saturated heterocycles. The van der Waals surface area contributed by atoms with E-state index in [0.717, 1.165) is 52.4 Å². The summed E-state index contributed by atoms with van der Waals surface area (Å²) in [5.74, 6) is -0.910. The first-order valence-corrected chi connectivity index (χ1v) is 8.37.